The van der Waals surface area contributed by atoms with Crippen LogP contribution in [0.3, 0.4) is 0 Å². The Bertz CT molecular complexity index is 545. The third-order valence-electron chi connectivity index (χ3n) is 3.15. The van der Waals surface area contributed by atoms with Crippen LogP contribution in [0.4, 0.5) is 0 Å². The maximum Gasteiger partial charge on any atom is 0.336 e. The van der Waals surface area contributed by atoms with Crippen LogP contribution in [0.2, 0.25) is 0 Å². The third-order valence-corrected chi connectivity index (χ3v) is 6.64. The molecule has 0 aliphatic rings. The van der Waals surface area contributed by atoms with Crippen molar-refractivity contribution in [1.29, 1.82) is 0 Å². The Morgan fingerprint density at radius 1 is 1.50 bits per heavy atom. The maximum absolute atomic E-state index is 12.3. The van der Waals surface area contributed by atoms with Crippen molar-refractivity contribution in [3.8, 4) is 0 Å². The van der Waals surface area contributed by atoms with Gasteiger partial charge in [0.05, 0.1) is 5.56 Å². The maximum atomic E-state index is 12.3. The molecule has 1 N–H and O–H groups in total. The van der Waals surface area contributed by atoms with Gasteiger partial charge in [0.15, 0.2) is 0 Å². The van der Waals surface area contributed by atoms with E-state index in [1.807, 2.05) is 20.8 Å². The Balaban J connectivity index is 3.17. The number of carbonyl (C=O) groups is 1. The molecule has 0 saturated carbocycles. The Morgan fingerprint density at radius 2 is 2.06 bits per heavy atom. The monoisotopic (exact) mass is 291 g/mol. The molecule has 0 amide bonds. The van der Waals surface area contributed by atoms with E-state index in [2.05, 4.69) is 0 Å². The largest absolute Gasteiger partial charge is 0.478 e. The van der Waals surface area contributed by atoms with Crippen molar-refractivity contribution in [3.63, 3.8) is 0 Å². The average Bonchev–Trinajstić information content (AvgIpc) is 2.77. The Hall–Kier alpha value is -0.920. The molecule has 0 unspecified atom stereocenters. The molecule has 5 nitrogen and oxygen atoms in total. The van der Waals surface area contributed by atoms with E-state index in [0.29, 0.717) is 6.42 Å². The Kier molecular flexibility index (Phi) is 4.19. The Morgan fingerprint density at radius 3 is 2.44 bits per heavy atom. The van der Waals surface area contributed by atoms with Gasteiger partial charge in [-0.25, -0.2) is 13.2 Å². The standard InChI is InChI=1S/C11H17NO4S2/c1-5-11(2,3)12(4)18(15,16)9-6-8(7-17-9)10(13)14/h6-7H,5H2,1-4H3,(H,13,14). The number of carboxylic acids is 1. The fourth-order valence-electron chi connectivity index (χ4n) is 1.25. The topological polar surface area (TPSA) is 74.7 Å². The molecule has 1 aromatic heterocycles. The van der Waals surface area contributed by atoms with Crippen molar-refractivity contribution in [2.75, 3.05) is 7.05 Å². The number of sulfonamides is 1. The van der Waals surface area contributed by atoms with Crippen LogP contribution in [0, 0.1) is 0 Å². The van der Waals surface area contributed by atoms with Crippen LogP contribution < -0.4 is 0 Å². The second-order valence-electron chi connectivity index (χ2n) is 4.60. The van der Waals surface area contributed by atoms with Crippen LogP contribution in [-0.2, 0) is 10.0 Å². The summed E-state index contributed by atoms with van der Waals surface area (Å²) in [6.45, 7) is 5.57. The first-order valence-electron chi connectivity index (χ1n) is 5.44. The predicted molar refractivity (Wildman–Crippen MR) is 70.6 cm³/mol. The van der Waals surface area contributed by atoms with Crippen molar-refractivity contribution >= 4 is 27.3 Å². The zero-order valence-corrected chi connectivity index (χ0v) is 12.4. The molecule has 18 heavy (non-hydrogen) atoms. The lowest BCUT2D eigenvalue weighted by molar-refractivity contribution is 0.0697. The summed E-state index contributed by atoms with van der Waals surface area (Å²) in [5.41, 5.74) is -0.507. The highest BCUT2D eigenvalue weighted by Crippen LogP contribution is 2.29. The SMILES string of the molecule is CCC(C)(C)N(C)S(=O)(=O)c1cc(C(=O)O)cs1. The molecule has 102 valence electrons. The van der Waals surface area contributed by atoms with Gasteiger partial charge in [0, 0.05) is 18.0 Å². The lowest BCUT2D eigenvalue weighted by Crippen LogP contribution is -2.44. The first kappa shape index (κ1) is 15.1. The highest BCUT2D eigenvalue weighted by Gasteiger charge is 2.33. The highest BCUT2D eigenvalue weighted by atomic mass is 32.2. The van der Waals surface area contributed by atoms with Gasteiger partial charge in [0.1, 0.15) is 4.21 Å². The number of hydrogen-bond acceptors (Lipinski definition) is 4. The first-order chi connectivity index (χ1) is 8.13. The number of rotatable bonds is 5. The van der Waals surface area contributed by atoms with Gasteiger partial charge in [0.2, 0.25) is 0 Å². The van der Waals surface area contributed by atoms with Crippen LogP contribution in [0.15, 0.2) is 15.7 Å². The zero-order valence-electron chi connectivity index (χ0n) is 10.8. The summed E-state index contributed by atoms with van der Waals surface area (Å²) in [6.07, 6.45) is 0.667. The normalized spacial score (nSPS) is 12.9. The summed E-state index contributed by atoms with van der Waals surface area (Å²) in [6, 6.07) is 1.20. The molecule has 0 aliphatic carbocycles. The van der Waals surface area contributed by atoms with Crippen molar-refractivity contribution in [1.82, 2.24) is 4.31 Å². The second kappa shape index (κ2) is 4.99. The molecular formula is C11H17NO4S2. The molecular weight excluding hydrogens is 274 g/mol. The summed E-state index contributed by atoms with van der Waals surface area (Å²) < 4.78 is 26.0. The van der Waals surface area contributed by atoms with E-state index in [4.69, 9.17) is 5.11 Å². The smallest absolute Gasteiger partial charge is 0.336 e. The van der Waals surface area contributed by atoms with E-state index in [-0.39, 0.29) is 9.77 Å². The van der Waals surface area contributed by atoms with E-state index in [9.17, 15) is 13.2 Å². The first-order valence-corrected chi connectivity index (χ1v) is 7.75. The van der Waals surface area contributed by atoms with Gasteiger partial charge in [0.25, 0.3) is 10.0 Å². The van der Waals surface area contributed by atoms with Gasteiger partial charge in [-0.15, -0.1) is 11.3 Å². The second-order valence-corrected chi connectivity index (χ2v) is 7.71. The molecule has 1 heterocycles. The van der Waals surface area contributed by atoms with E-state index in [0.717, 1.165) is 11.3 Å². The highest BCUT2D eigenvalue weighted by molar-refractivity contribution is 7.91. The van der Waals surface area contributed by atoms with Crippen LogP contribution in [0.5, 0.6) is 0 Å². The molecule has 0 fully saturated rings. The van der Waals surface area contributed by atoms with Crippen LogP contribution in [0.25, 0.3) is 0 Å². The van der Waals surface area contributed by atoms with E-state index >= 15 is 0 Å². The van der Waals surface area contributed by atoms with Gasteiger partial charge in [-0.05, 0) is 26.3 Å². The molecule has 1 aromatic rings. The summed E-state index contributed by atoms with van der Waals surface area (Å²) >= 11 is 0.929. The molecule has 0 aliphatic heterocycles. The van der Waals surface area contributed by atoms with Gasteiger partial charge >= 0.3 is 5.97 Å². The van der Waals surface area contributed by atoms with Crippen molar-refractivity contribution < 1.29 is 18.3 Å². The lowest BCUT2D eigenvalue weighted by atomic mass is 10.0. The summed E-state index contributed by atoms with van der Waals surface area (Å²) in [5.74, 6) is -1.12. The fourth-order valence-corrected chi connectivity index (χ4v) is 4.15. The number of aromatic carboxylic acids is 1. The van der Waals surface area contributed by atoms with Crippen LogP contribution in [-0.4, -0.2) is 36.4 Å². The molecule has 0 atom stereocenters. The summed E-state index contributed by atoms with van der Waals surface area (Å²) in [5, 5.41) is 10.1. The molecule has 0 radical (unpaired) electrons. The zero-order chi connectivity index (χ0) is 14.1. The van der Waals surface area contributed by atoms with Crippen molar-refractivity contribution in [2.45, 2.75) is 36.9 Å². The molecule has 1 rings (SSSR count). The molecule has 0 spiro atoms. The Labute approximate surface area is 111 Å². The number of nitrogens with zero attached hydrogens (tertiary/aromatic N) is 1. The lowest BCUT2D eigenvalue weighted by Gasteiger charge is -2.33. The van der Waals surface area contributed by atoms with Gasteiger partial charge in [-0.3, -0.25) is 0 Å². The molecule has 0 bridgehead atoms. The number of hydrogen-bond donors (Lipinski definition) is 1. The van der Waals surface area contributed by atoms with Gasteiger partial charge in [-0.2, -0.15) is 4.31 Å². The minimum Gasteiger partial charge on any atom is -0.478 e. The quantitative estimate of drug-likeness (QED) is 0.903. The summed E-state index contributed by atoms with van der Waals surface area (Å²) in [4.78, 5) is 10.8. The van der Waals surface area contributed by atoms with Crippen LogP contribution in [0.1, 0.15) is 37.6 Å². The van der Waals surface area contributed by atoms with Gasteiger partial charge in [-0.1, -0.05) is 6.92 Å². The third kappa shape index (κ3) is 2.73. The number of carboxylic acid groups (broad SMARTS) is 1. The van der Waals surface area contributed by atoms with E-state index < -0.39 is 21.5 Å². The van der Waals surface area contributed by atoms with E-state index in [1.54, 1.807) is 0 Å². The van der Waals surface area contributed by atoms with E-state index in [1.165, 1.54) is 22.8 Å². The molecule has 0 aromatic carbocycles. The fraction of sp³-hybridized carbons (Fsp3) is 0.545. The molecule has 0 saturated heterocycles. The van der Waals surface area contributed by atoms with Crippen molar-refractivity contribution in [2.24, 2.45) is 0 Å². The van der Waals surface area contributed by atoms with Crippen molar-refractivity contribution in [3.05, 3.63) is 17.0 Å². The predicted octanol–water partition coefficient (Wildman–Crippen LogP) is 2.26. The number of thiophene rings is 1. The molecule has 7 heteroatoms. The van der Waals surface area contributed by atoms with Gasteiger partial charge < -0.3 is 5.11 Å². The average molecular weight is 291 g/mol. The van der Waals surface area contributed by atoms with Crippen LogP contribution >= 0.6 is 11.3 Å². The minimum atomic E-state index is -3.63. The minimum absolute atomic E-state index is 0.00118. The summed E-state index contributed by atoms with van der Waals surface area (Å²) in [7, 11) is -2.12.